The van der Waals surface area contributed by atoms with Crippen LogP contribution in [0.15, 0.2) is 18.6 Å². The summed E-state index contributed by atoms with van der Waals surface area (Å²) >= 11 is 0. The van der Waals surface area contributed by atoms with E-state index in [2.05, 4.69) is 48.2 Å². The maximum Gasteiger partial charge on any atom is 0.163 e. The number of rotatable bonds is 4. The van der Waals surface area contributed by atoms with Crippen LogP contribution in [0.25, 0.3) is 11.0 Å². The van der Waals surface area contributed by atoms with Crippen LogP contribution in [0.5, 0.6) is 0 Å². The molecule has 3 rings (SSSR count). The summed E-state index contributed by atoms with van der Waals surface area (Å²) in [4.78, 5) is 9.44. The summed E-state index contributed by atoms with van der Waals surface area (Å²) in [7, 11) is 1.90. The van der Waals surface area contributed by atoms with E-state index < -0.39 is 0 Å². The maximum absolute atomic E-state index is 4.75. The fourth-order valence-electron chi connectivity index (χ4n) is 2.50. The minimum absolute atomic E-state index is 0.125. The largest absolute Gasteiger partial charge is 0.367 e. The van der Waals surface area contributed by atoms with Crippen LogP contribution in [0, 0.1) is 6.92 Å². The van der Waals surface area contributed by atoms with Gasteiger partial charge in [-0.3, -0.25) is 9.36 Å². The molecule has 0 amide bonds. The van der Waals surface area contributed by atoms with E-state index in [4.69, 9.17) is 4.98 Å². The van der Waals surface area contributed by atoms with Crippen molar-refractivity contribution in [1.29, 1.82) is 0 Å². The molecule has 0 fully saturated rings. The van der Waals surface area contributed by atoms with Crippen molar-refractivity contribution in [1.82, 2.24) is 29.5 Å². The second-order valence-corrected chi connectivity index (χ2v) is 7.38. The van der Waals surface area contributed by atoms with E-state index in [1.807, 2.05) is 37.2 Å². The first-order valence-electron chi connectivity index (χ1n) is 8.20. The molecule has 0 unspecified atom stereocenters. The van der Waals surface area contributed by atoms with Gasteiger partial charge in [-0.1, -0.05) is 20.8 Å². The Balaban J connectivity index is 1.90. The van der Waals surface area contributed by atoms with Crippen molar-refractivity contribution < 1.29 is 0 Å². The van der Waals surface area contributed by atoms with Crippen molar-refractivity contribution in [3.8, 4) is 0 Å². The molecule has 7 heteroatoms. The molecule has 0 saturated carbocycles. The zero-order chi connectivity index (χ0) is 17.5. The summed E-state index contributed by atoms with van der Waals surface area (Å²) in [5, 5.41) is 13.1. The zero-order valence-corrected chi connectivity index (χ0v) is 15.2. The fourth-order valence-corrected chi connectivity index (χ4v) is 2.50. The van der Waals surface area contributed by atoms with Crippen LogP contribution < -0.4 is 5.32 Å². The van der Waals surface area contributed by atoms with Crippen molar-refractivity contribution >= 4 is 16.9 Å². The van der Waals surface area contributed by atoms with Gasteiger partial charge in [0.25, 0.3) is 0 Å². The van der Waals surface area contributed by atoms with E-state index in [0.29, 0.717) is 0 Å². The second-order valence-electron chi connectivity index (χ2n) is 7.38. The Morgan fingerprint density at radius 3 is 2.54 bits per heavy atom. The first-order chi connectivity index (χ1) is 11.3. The van der Waals surface area contributed by atoms with Crippen LogP contribution >= 0.6 is 0 Å². The molecule has 3 heterocycles. The molecule has 0 aliphatic carbocycles. The first-order valence-corrected chi connectivity index (χ1v) is 8.20. The van der Waals surface area contributed by atoms with Gasteiger partial charge in [0, 0.05) is 25.2 Å². The quantitative estimate of drug-likeness (QED) is 0.797. The topological polar surface area (TPSA) is 73.5 Å². The van der Waals surface area contributed by atoms with E-state index in [1.165, 1.54) is 0 Å². The third-order valence-corrected chi connectivity index (χ3v) is 4.01. The first kappa shape index (κ1) is 16.4. The molecule has 0 saturated heterocycles. The van der Waals surface area contributed by atoms with E-state index in [-0.39, 0.29) is 11.5 Å². The molecule has 0 aliphatic heterocycles. The standard InChI is InChI=1S/C17H25N7/c1-11-7-20-24(10-11)12(2)8-18-14-13-9-19-23(6)15(13)22-16(21-14)17(3,4)5/h7,9-10,12H,8H2,1-6H3,(H,18,21,22)/t12-/m0/s1. The van der Waals surface area contributed by atoms with Crippen molar-refractivity contribution in [2.75, 3.05) is 11.9 Å². The van der Waals surface area contributed by atoms with Crippen LogP contribution in [-0.2, 0) is 12.5 Å². The smallest absolute Gasteiger partial charge is 0.163 e. The van der Waals surface area contributed by atoms with Crippen LogP contribution in [-0.4, -0.2) is 36.1 Å². The fraction of sp³-hybridized carbons (Fsp3) is 0.529. The third kappa shape index (κ3) is 3.11. The van der Waals surface area contributed by atoms with Crippen molar-refractivity contribution in [3.05, 3.63) is 30.0 Å². The number of hydrogen-bond donors (Lipinski definition) is 1. The molecule has 0 radical (unpaired) electrons. The molecule has 128 valence electrons. The van der Waals surface area contributed by atoms with Crippen molar-refractivity contribution in [2.24, 2.45) is 7.05 Å². The summed E-state index contributed by atoms with van der Waals surface area (Å²) in [6, 6.07) is 0.221. The average molecular weight is 327 g/mol. The molecule has 3 aromatic heterocycles. The highest BCUT2D eigenvalue weighted by atomic mass is 15.3. The Morgan fingerprint density at radius 1 is 1.17 bits per heavy atom. The van der Waals surface area contributed by atoms with Crippen LogP contribution in [0.3, 0.4) is 0 Å². The highest BCUT2D eigenvalue weighted by Gasteiger charge is 2.21. The summed E-state index contributed by atoms with van der Waals surface area (Å²) in [6.45, 7) is 11.2. The lowest BCUT2D eigenvalue weighted by Crippen LogP contribution is -2.20. The highest BCUT2D eigenvalue weighted by Crippen LogP contribution is 2.26. The average Bonchev–Trinajstić information content (AvgIpc) is 3.10. The second kappa shape index (κ2) is 5.89. The zero-order valence-electron chi connectivity index (χ0n) is 15.2. The Bertz CT molecular complexity index is 854. The number of nitrogens with zero attached hydrogens (tertiary/aromatic N) is 6. The van der Waals surface area contributed by atoms with Gasteiger partial charge in [-0.15, -0.1) is 0 Å². The van der Waals surface area contributed by atoms with Crippen LogP contribution in [0.4, 0.5) is 5.82 Å². The molecule has 0 spiro atoms. The molecule has 0 bridgehead atoms. The van der Waals surface area contributed by atoms with E-state index in [1.54, 1.807) is 4.68 Å². The lowest BCUT2D eigenvalue weighted by atomic mass is 9.95. The van der Waals surface area contributed by atoms with E-state index in [0.717, 1.165) is 34.8 Å². The number of hydrogen-bond acceptors (Lipinski definition) is 5. The molecule has 1 atom stereocenters. The van der Waals surface area contributed by atoms with Crippen molar-refractivity contribution in [2.45, 2.75) is 46.1 Å². The Kier molecular flexibility index (Phi) is 4.03. The molecule has 0 aromatic carbocycles. The van der Waals surface area contributed by atoms with Gasteiger partial charge >= 0.3 is 0 Å². The minimum Gasteiger partial charge on any atom is -0.367 e. The number of aromatic nitrogens is 6. The Morgan fingerprint density at radius 2 is 1.92 bits per heavy atom. The summed E-state index contributed by atoms with van der Waals surface area (Å²) in [6.07, 6.45) is 5.73. The Labute approximate surface area is 142 Å². The van der Waals surface area contributed by atoms with Gasteiger partial charge in [0.15, 0.2) is 5.65 Å². The van der Waals surface area contributed by atoms with Crippen LogP contribution in [0.2, 0.25) is 0 Å². The molecule has 0 aliphatic rings. The summed E-state index contributed by atoms with van der Waals surface area (Å²) in [5.74, 6) is 1.64. The lowest BCUT2D eigenvalue weighted by molar-refractivity contribution is 0.510. The molecular formula is C17H25N7. The SMILES string of the molecule is Cc1cnn([C@@H](C)CNc2nc(C(C)(C)C)nc3c2cnn3C)c1. The van der Waals surface area contributed by atoms with Gasteiger partial charge in [-0.05, 0) is 19.4 Å². The highest BCUT2D eigenvalue weighted by molar-refractivity contribution is 5.86. The van der Waals surface area contributed by atoms with Gasteiger partial charge in [-0.25, -0.2) is 9.97 Å². The molecule has 7 nitrogen and oxygen atoms in total. The number of aryl methyl sites for hydroxylation is 2. The molecule has 3 aromatic rings. The third-order valence-electron chi connectivity index (χ3n) is 4.01. The summed E-state index contributed by atoms with van der Waals surface area (Å²) in [5.41, 5.74) is 1.88. The molecule has 1 N–H and O–H groups in total. The maximum atomic E-state index is 4.75. The summed E-state index contributed by atoms with van der Waals surface area (Å²) < 4.78 is 3.76. The lowest BCUT2D eigenvalue weighted by Gasteiger charge is -2.19. The minimum atomic E-state index is -0.125. The monoisotopic (exact) mass is 327 g/mol. The molecular weight excluding hydrogens is 302 g/mol. The Hall–Kier alpha value is -2.44. The number of anilines is 1. The van der Waals surface area contributed by atoms with Gasteiger partial charge in [0.1, 0.15) is 11.6 Å². The number of nitrogens with one attached hydrogen (secondary N) is 1. The normalized spacial score (nSPS) is 13.4. The van der Waals surface area contributed by atoms with Crippen LogP contribution in [0.1, 0.15) is 45.1 Å². The van der Waals surface area contributed by atoms with E-state index in [9.17, 15) is 0 Å². The number of fused-ring (bicyclic) bond motifs is 1. The van der Waals surface area contributed by atoms with Gasteiger partial charge < -0.3 is 5.32 Å². The predicted molar refractivity (Wildman–Crippen MR) is 95.2 cm³/mol. The van der Waals surface area contributed by atoms with Gasteiger partial charge in [0.2, 0.25) is 0 Å². The molecule has 24 heavy (non-hydrogen) atoms. The van der Waals surface area contributed by atoms with Crippen molar-refractivity contribution in [3.63, 3.8) is 0 Å². The van der Waals surface area contributed by atoms with Gasteiger partial charge in [-0.2, -0.15) is 10.2 Å². The van der Waals surface area contributed by atoms with Gasteiger partial charge in [0.05, 0.1) is 23.8 Å². The van der Waals surface area contributed by atoms with E-state index >= 15 is 0 Å². The predicted octanol–water partition coefficient (Wildman–Crippen LogP) is 2.84.